The van der Waals surface area contributed by atoms with Crippen LogP contribution in [-0.4, -0.2) is 29.8 Å². The van der Waals surface area contributed by atoms with E-state index in [1.54, 1.807) is 0 Å². The maximum atomic E-state index is 12.5. The third-order valence-corrected chi connectivity index (χ3v) is 4.44. The van der Waals surface area contributed by atoms with E-state index < -0.39 is 0 Å². The van der Waals surface area contributed by atoms with Crippen molar-refractivity contribution in [2.24, 2.45) is 0 Å². The topological polar surface area (TPSA) is 49.4 Å². The molecular formula is C20H22N2O2. The number of hydrogen-bond acceptors (Lipinski definition) is 2. The molecule has 0 bridgehead atoms. The van der Waals surface area contributed by atoms with Crippen LogP contribution < -0.4 is 5.32 Å². The van der Waals surface area contributed by atoms with Gasteiger partial charge in [-0.3, -0.25) is 9.59 Å². The van der Waals surface area contributed by atoms with E-state index in [0.717, 1.165) is 30.8 Å². The predicted octanol–water partition coefficient (Wildman–Crippen LogP) is 3.20. The van der Waals surface area contributed by atoms with E-state index in [1.165, 1.54) is 12.5 Å². The van der Waals surface area contributed by atoms with Gasteiger partial charge in [0.2, 0.25) is 11.8 Å². The molecule has 124 valence electrons. The lowest BCUT2D eigenvalue weighted by molar-refractivity contribution is -0.129. The molecule has 4 heteroatoms. The summed E-state index contributed by atoms with van der Waals surface area (Å²) in [5, 5.41) is 2.73. The zero-order valence-electron chi connectivity index (χ0n) is 13.9. The lowest BCUT2D eigenvalue weighted by atomic mass is 9.99. The minimum absolute atomic E-state index is 0.0946. The molecule has 24 heavy (non-hydrogen) atoms. The molecule has 2 amide bonds. The Kier molecular flexibility index (Phi) is 4.94. The van der Waals surface area contributed by atoms with Crippen LogP contribution in [0.3, 0.4) is 0 Å². The third-order valence-electron chi connectivity index (χ3n) is 4.44. The Balaban J connectivity index is 1.57. The molecule has 1 N–H and O–H groups in total. The van der Waals surface area contributed by atoms with E-state index >= 15 is 0 Å². The van der Waals surface area contributed by atoms with Crippen molar-refractivity contribution in [3.63, 3.8) is 0 Å². The van der Waals surface area contributed by atoms with Crippen LogP contribution in [0.5, 0.6) is 0 Å². The number of benzene rings is 2. The molecule has 0 radical (unpaired) electrons. The summed E-state index contributed by atoms with van der Waals surface area (Å²) >= 11 is 0. The highest BCUT2D eigenvalue weighted by Gasteiger charge is 2.26. The number of anilines is 1. The molecule has 0 aromatic heterocycles. The molecule has 1 unspecified atom stereocenters. The second-order valence-corrected chi connectivity index (χ2v) is 6.29. The number of carbonyl (C=O) groups excluding carboxylic acids is 2. The van der Waals surface area contributed by atoms with E-state index in [9.17, 15) is 9.59 Å². The monoisotopic (exact) mass is 322 g/mol. The van der Waals surface area contributed by atoms with Crippen LogP contribution >= 0.6 is 0 Å². The molecule has 2 aromatic rings. The molecule has 1 saturated heterocycles. The van der Waals surface area contributed by atoms with Gasteiger partial charge in [0, 0.05) is 31.6 Å². The van der Waals surface area contributed by atoms with Crippen molar-refractivity contribution in [3.8, 4) is 0 Å². The number of hydrogen-bond donors (Lipinski definition) is 1. The van der Waals surface area contributed by atoms with Gasteiger partial charge in [-0.2, -0.15) is 0 Å². The fourth-order valence-corrected chi connectivity index (χ4v) is 3.18. The largest absolute Gasteiger partial charge is 0.342 e. The maximum absolute atomic E-state index is 12.5. The van der Waals surface area contributed by atoms with Crippen molar-refractivity contribution in [3.05, 3.63) is 65.7 Å². The fourth-order valence-electron chi connectivity index (χ4n) is 3.18. The quantitative estimate of drug-likeness (QED) is 0.940. The SMILES string of the molecule is CC(=O)Nc1ccc(CC(=O)N2CCC(c3ccccc3)C2)cc1. The highest BCUT2D eigenvalue weighted by atomic mass is 16.2. The van der Waals surface area contributed by atoms with Gasteiger partial charge in [0.1, 0.15) is 0 Å². The molecule has 0 saturated carbocycles. The standard InChI is InChI=1S/C20H22N2O2/c1-15(23)21-19-9-7-16(8-10-19)13-20(24)22-12-11-18(14-22)17-5-3-2-4-6-17/h2-10,18H,11-14H2,1H3,(H,21,23). The molecule has 1 fully saturated rings. The number of likely N-dealkylation sites (tertiary alicyclic amines) is 1. The first-order valence-corrected chi connectivity index (χ1v) is 8.31. The molecule has 1 aliphatic heterocycles. The van der Waals surface area contributed by atoms with Gasteiger partial charge in [-0.15, -0.1) is 0 Å². The zero-order chi connectivity index (χ0) is 16.9. The third kappa shape index (κ3) is 4.02. The van der Waals surface area contributed by atoms with Crippen LogP contribution in [0.1, 0.15) is 30.4 Å². The lowest BCUT2D eigenvalue weighted by Crippen LogP contribution is -2.29. The van der Waals surface area contributed by atoms with Crippen molar-refractivity contribution in [1.29, 1.82) is 0 Å². The van der Waals surface area contributed by atoms with Gasteiger partial charge < -0.3 is 10.2 Å². The molecule has 2 aromatic carbocycles. The van der Waals surface area contributed by atoms with Gasteiger partial charge in [-0.25, -0.2) is 0 Å². The number of amides is 2. The molecule has 1 aliphatic rings. The van der Waals surface area contributed by atoms with E-state index in [-0.39, 0.29) is 11.8 Å². The van der Waals surface area contributed by atoms with Crippen molar-refractivity contribution in [1.82, 2.24) is 4.90 Å². The van der Waals surface area contributed by atoms with Crippen molar-refractivity contribution in [2.45, 2.75) is 25.7 Å². The number of nitrogens with zero attached hydrogens (tertiary/aromatic N) is 1. The summed E-state index contributed by atoms with van der Waals surface area (Å²) in [7, 11) is 0. The predicted molar refractivity (Wildman–Crippen MR) is 94.8 cm³/mol. The highest BCUT2D eigenvalue weighted by Crippen LogP contribution is 2.27. The molecule has 3 rings (SSSR count). The Labute approximate surface area is 142 Å². The van der Waals surface area contributed by atoms with Crippen LogP contribution in [-0.2, 0) is 16.0 Å². The molecule has 0 aliphatic carbocycles. The Morgan fingerprint density at radius 3 is 2.46 bits per heavy atom. The van der Waals surface area contributed by atoms with Crippen LogP contribution in [0.15, 0.2) is 54.6 Å². The van der Waals surface area contributed by atoms with Gasteiger partial charge >= 0.3 is 0 Å². The Morgan fingerprint density at radius 1 is 1.08 bits per heavy atom. The first-order valence-electron chi connectivity index (χ1n) is 8.31. The van der Waals surface area contributed by atoms with Gasteiger partial charge in [-0.05, 0) is 29.7 Å². The average molecular weight is 322 g/mol. The normalized spacial score (nSPS) is 16.9. The molecule has 1 atom stereocenters. The molecule has 1 heterocycles. The zero-order valence-corrected chi connectivity index (χ0v) is 13.9. The van der Waals surface area contributed by atoms with Crippen molar-refractivity contribution < 1.29 is 9.59 Å². The van der Waals surface area contributed by atoms with Gasteiger partial charge in [0.05, 0.1) is 6.42 Å². The van der Waals surface area contributed by atoms with Crippen LogP contribution in [0.25, 0.3) is 0 Å². The minimum atomic E-state index is -0.0946. The molecular weight excluding hydrogens is 300 g/mol. The lowest BCUT2D eigenvalue weighted by Gasteiger charge is -2.17. The summed E-state index contributed by atoms with van der Waals surface area (Å²) in [5.74, 6) is 0.515. The summed E-state index contributed by atoms with van der Waals surface area (Å²) in [6.07, 6.45) is 1.43. The Hall–Kier alpha value is -2.62. The van der Waals surface area contributed by atoms with Gasteiger partial charge in [-0.1, -0.05) is 42.5 Å². The fraction of sp³-hybridized carbons (Fsp3) is 0.300. The second-order valence-electron chi connectivity index (χ2n) is 6.29. The van der Waals surface area contributed by atoms with Crippen LogP contribution in [0.2, 0.25) is 0 Å². The van der Waals surface area contributed by atoms with E-state index in [2.05, 4.69) is 29.6 Å². The number of carbonyl (C=O) groups is 2. The number of nitrogens with one attached hydrogen (secondary N) is 1. The van der Waals surface area contributed by atoms with Gasteiger partial charge in [0.15, 0.2) is 0 Å². The second kappa shape index (κ2) is 7.30. The Morgan fingerprint density at radius 2 is 1.79 bits per heavy atom. The summed E-state index contributed by atoms with van der Waals surface area (Å²) in [6, 6.07) is 17.9. The molecule has 4 nitrogen and oxygen atoms in total. The van der Waals surface area contributed by atoms with E-state index in [4.69, 9.17) is 0 Å². The molecule has 0 spiro atoms. The first kappa shape index (κ1) is 16.2. The van der Waals surface area contributed by atoms with Gasteiger partial charge in [0.25, 0.3) is 0 Å². The Bertz CT molecular complexity index is 710. The summed E-state index contributed by atoms with van der Waals surface area (Å²) in [4.78, 5) is 25.5. The number of rotatable bonds is 4. The van der Waals surface area contributed by atoms with Crippen molar-refractivity contribution >= 4 is 17.5 Å². The summed E-state index contributed by atoms with van der Waals surface area (Å²) in [5.41, 5.74) is 3.04. The average Bonchev–Trinajstić information content (AvgIpc) is 3.07. The highest BCUT2D eigenvalue weighted by molar-refractivity contribution is 5.88. The maximum Gasteiger partial charge on any atom is 0.227 e. The summed E-state index contributed by atoms with van der Waals surface area (Å²) in [6.45, 7) is 3.10. The minimum Gasteiger partial charge on any atom is -0.342 e. The first-order chi connectivity index (χ1) is 11.6. The summed E-state index contributed by atoms with van der Waals surface area (Å²) < 4.78 is 0. The van der Waals surface area contributed by atoms with Crippen LogP contribution in [0.4, 0.5) is 5.69 Å². The van der Waals surface area contributed by atoms with Crippen LogP contribution in [0, 0.1) is 0 Å². The smallest absolute Gasteiger partial charge is 0.227 e. The van der Waals surface area contributed by atoms with Crippen molar-refractivity contribution in [2.75, 3.05) is 18.4 Å². The van der Waals surface area contributed by atoms with E-state index in [1.807, 2.05) is 35.2 Å². The van der Waals surface area contributed by atoms with E-state index in [0.29, 0.717) is 12.3 Å².